The highest BCUT2D eigenvalue weighted by Crippen LogP contribution is 2.28. The Kier molecular flexibility index (Phi) is 3.09. The third kappa shape index (κ3) is 1.79. The lowest BCUT2D eigenvalue weighted by atomic mass is 10.2. The van der Waals surface area contributed by atoms with Crippen molar-refractivity contribution in [1.29, 1.82) is 0 Å². The molecule has 12 heavy (non-hydrogen) atoms. The Morgan fingerprint density at radius 2 is 2.08 bits per heavy atom. The molecule has 0 atom stereocenters. The van der Waals surface area contributed by atoms with Crippen molar-refractivity contribution in [3.05, 3.63) is 33.0 Å². The van der Waals surface area contributed by atoms with Crippen molar-refractivity contribution in [3.8, 4) is 0 Å². The maximum absolute atomic E-state index is 13.1. The molecule has 0 saturated carbocycles. The molecule has 0 aliphatic heterocycles. The van der Waals surface area contributed by atoms with E-state index in [0.717, 1.165) is 0 Å². The first-order valence-corrected chi connectivity index (χ1v) is 4.42. The molecule has 0 heterocycles. The Morgan fingerprint density at radius 1 is 1.50 bits per heavy atom. The highest BCUT2D eigenvalue weighted by Gasteiger charge is 2.13. The average molecular weight is 272 g/mol. The van der Waals surface area contributed by atoms with Gasteiger partial charge < -0.3 is 0 Å². The van der Waals surface area contributed by atoms with Crippen LogP contribution in [-0.2, 0) is 0 Å². The molecule has 1 nitrogen and oxygen atoms in total. The van der Waals surface area contributed by atoms with E-state index in [4.69, 9.17) is 23.2 Å². The second-order valence-electron chi connectivity index (χ2n) is 2.00. The maximum atomic E-state index is 13.1. The van der Waals surface area contributed by atoms with Crippen molar-refractivity contribution < 1.29 is 9.18 Å². The van der Waals surface area contributed by atoms with Crippen LogP contribution < -0.4 is 0 Å². The van der Waals surface area contributed by atoms with Crippen LogP contribution >= 0.6 is 39.1 Å². The van der Waals surface area contributed by atoms with Gasteiger partial charge in [0.25, 0.3) is 5.24 Å². The van der Waals surface area contributed by atoms with Gasteiger partial charge in [-0.1, -0.05) is 11.6 Å². The molecule has 0 aromatic heterocycles. The minimum Gasteiger partial charge on any atom is -0.275 e. The van der Waals surface area contributed by atoms with Crippen LogP contribution in [0, 0.1) is 5.82 Å². The summed E-state index contributed by atoms with van der Waals surface area (Å²) in [7, 11) is 0. The fourth-order valence-corrected chi connectivity index (χ4v) is 1.32. The van der Waals surface area contributed by atoms with Crippen molar-refractivity contribution in [3.63, 3.8) is 0 Å². The topological polar surface area (TPSA) is 17.1 Å². The van der Waals surface area contributed by atoms with Gasteiger partial charge in [-0.2, -0.15) is 0 Å². The fourth-order valence-electron chi connectivity index (χ4n) is 0.678. The second kappa shape index (κ2) is 3.73. The highest BCUT2D eigenvalue weighted by atomic mass is 79.9. The number of benzene rings is 1. The molecule has 0 aliphatic rings. The molecule has 0 unspecified atom stereocenters. The summed E-state index contributed by atoms with van der Waals surface area (Å²) in [6.45, 7) is 0. The van der Waals surface area contributed by atoms with Gasteiger partial charge in [-0.3, -0.25) is 4.79 Å². The molecule has 0 bridgehead atoms. The fraction of sp³-hybridized carbons (Fsp3) is 0. The smallest absolute Gasteiger partial charge is 0.255 e. The number of halogens is 4. The van der Waals surface area contributed by atoms with Crippen molar-refractivity contribution in [2.24, 2.45) is 0 Å². The molecule has 0 spiro atoms. The number of hydrogen-bond acceptors (Lipinski definition) is 1. The minimum absolute atomic E-state index is 0.0515. The zero-order chi connectivity index (χ0) is 9.30. The van der Waals surface area contributed by atoms with Crippen LogP contribution in [0.25, 0.3) is 0 Å². The van der Waals surface area contributed by atoms with Gasteiger partial charge in [0.1, 0.15) is 0 Å². The lowest BCUT2D eigenvalue weighted by molar-refractivity contribution is 0.107. The van der Waals surface area contributed by atoms with Gasteiger partial charge >= 0.3 is 0 Å². The first-order chi connectivity index (χ1) is 5.54. The molecular formula is C7H2BrCl2FO. The van der Waals surface area contributed by atoms with Gasteiger partial charge in [0.15, 0.2) is 5.82 Å². The molecule has 0 amide bonds. The Bertz CT molecular complexity index is 340. The van der Waals surface area contributed by atoms with E-state index in [1.54, 1.807) is 0 Å². The van der Waals surface area contributed by atoms with E-state index < -0.39 is 11.1 Å². The quantitative estimate of drug-likeness (QED) is 0.563. The monoisotopic (exact) mass is 270 g/mol. The van der Waals surface area contributed by atoms with E-state index in [1.165, 1.54) is 12.1 Å². The third-order valence-corrected chi connectivity index (χ3v) is 2.77. The predicted molar refractivity (Wildman–Crippen MR) is 49.3 cm³/mol. The van der Waals surface area contributed by atoms with Gasteiger partial charge in [-0.05, 0) is 39.7 Å². The summed E-state index contributed by atoms with van der Waals surface area (Å²) in [5, 5.41) is -0.640. The Labute approximate surface area is 86.6 Å². The van der Waals surface area contributed by atoms with Crippen LogP contribution in [0.2, 0.25) is 5.02 Å². The van der Waals surface area contributed by atoms with Gasteiger partial charge in [0, 0.05) is 0 Å². The van der Waals surface area contributed by atoms with Crippen molar-refractivity contribution in [1.82, 2.24) is 0 Å². The Hall–Kier alpha value is -0.120. The van der Waals surface area contributed by atoms with E-state index in [0.29, 0.717) is 0 Å². The zero-order valence-corrected chi connectivity index (χ0v) is 8.67. The summed E-state index contributed by atoms with van der Waals surface area (Å²) in [5.41, 5.74) is -0.187. The minimum atomic E-state index is -0.843. The lowest BCUT2D eigenvalue weighted by Gasteiger charge is -2.00. The molecule has 0 radical (unpaired) electrons. The van der Waals surface area contributed by atoms with Crippen molar-refractivity contribution >= 4 is 44.4 Å². The summed E-state index contributed by atoms with van der Waals surface area (Å²) in [5.74, 6) is -0.734. The van der Waals surface area contributed by atoms with E-state index in [2.05, 4.69) is 15.9 Å². The molecule has 1 aromatic carbocycles. The normalized spacial score (nSPS) is 10.0. The Balaban J connectivity index is 3.36. The zero-order valence-electron chi connectivity index (χ0n) is 5.57. The molecule has 5 heteroatoms. The summed E-state index contributed by atoms with van der Waals surface area (Å²) >= 11 is 13.5. The molecule has 1 aromatic rings. The van der Waals surface area contributed by atoms with Crippen molar-refractivity contribution in [2.45, 2.75) is 0 Å². The molecular weight excluding hydrogens is 270 g/mol. The first-order valence-electron chi connectivity index (χ1n) is 2.87. The molecule has 0 aliphatic carbocycles. The molecule has 1 rings (SSSR count). The molecule has 0 saturated heterocycles. The summed E-state index contributed by atoms with van der Waals surface area (Å²) in [4.78, 5) is 10.6. The summed E-state index contributed by atoms with van der Waals surface area (Å²) < 4.78 is 13.1. The molecule has 0 fully saturated rings. The highest BCUT2D eigenvalue weighted by molar-refractivity contribution is 9.10. The first kappa shape index (κ1) is 9.96. The van der Waals surface area contributed by atoms with Crippen LogP contribution in [0.3, 0.4) is 0 Å². The van der Waals surface area contributed by atoms with E-state index in [1.807, 2.05) is 0 Å². The Morgan fingerprint density at radius 3 is 2.58 bits per heavy atom. The number of rotatable bonds is 1. The predicted octanol–water partition coefficient (Wildman–Crippen LogP) is 3.62. The summed E-state index contributed by atoms with van der Waals surface area (Å²) in [6, 6.07) is 2.63. The third-order valence-electron chi connectivity index (χ3n) is 1.25. The number of carbonyl (C=O) groups is 1. The van der Waals surface area contributed by atoms with Gasteiger partial charge in [0.05, 0.1) is 15.1 Å². The number of hydrogen-bond donors (Lipinski definition) is 0. The van der Waals surface area contributed by atoms with Crippen LogP contribution in [0.4, 0.5) is 4.39 Å². The van der Waals surface area contributed by atoms with E-state index >= 15 is 0 Å². The standard InChI is InChI=1S/C7H2BrCl2FO/c8-5-4(9)2-1-3(6(5)11)7(10)12/h1-2H. The van der Waals surface area contributed by atoms with Gasteiger partial charge in [-0.15, -0.1) is 0 Å². The summed E-state index contributed by atoms with van der Waals surface area (Å²) in [6.07, 6.45) is 0. The second-order valence-corrected chi connectivity index (χ2v) is 3.54. The largest absolute Gasteiger partial charge is 0.275 e. The lowest BCUT2D eigenvalue weighted by Crippen LogP contribution is -1.95. The van der Waals surface area contributed by atoms with Crippen LogP contribution in [0.1, 0.15) is 10.4 Å². The molecule has 0 N–H and O–H groups in total. The maximum Gasteiger partial charge on any atom is 0.255 e. The van der Waals surface area contributed by atoms with Crippen LogP contribution in [0.5, 0.6) is 0 Å². The van der Waals surface area contributed by atoms with Gasteiger partial charge in [-0.25, -0.2) is 4.39 Å². The number of carbonyl (C=O) groups excluding carboxylic acids is 1. The SMILES string of the molecule is O=C(Cl)c1ccc(Cl)c(Br)c1F. The van der Waals surface area contributed by atoms with E-state index in [-0.39, 0.29) is 15.1 Å². The van der Waals surface area contributed by atoms with Crippen LogP contribution in [-0.4, -0.2) is 5.24 Å². The van der Waals surface area contributed by atoms with Crippen molar-refractivity contribution in [2.75, 3.05) is 0 Å². The van der Waals surface area contributed by atoms with Gasteiger partial charge in [0.2, 0.25) is 0 Å². The van der Waals surface area contributed by atoms with Crippen LogP contribution in [0.15, 0.2) is 16.6 Å². The average Bonchev–Trinajstić information content (AvgIpc) is 2.00. The van der Waals surface area contributed by atoms with E-state index in [9.17, 15) is 9.18 Å². The molecule has 64 valence electrons.